The predicted octanol–water partition coefficient (Wildman–Crippen LogP) is 2.95. The van der Waals surface area contributed by atoms with Gasteiger partial charge < -0.3 is 9.84 Å². The van der Waals surface area contributed by atoms with Crippen LogP contribution in [-0.2, 0) is 0 Å². The zero-order valence-corrected chi connectivity index (χ0v) is 14.7. The van der Waals surface area contributed by atoms with E-state index in [1.807, 2.05) is 30.3 Å². The average molecular weight is 346 g/mol. The molecule has 0 aliphatic heterocycles. The van der Waals surface area contributed by atoms with Crippen molar-refractivity contribution in [1.29, 1.82) is 0 Å². The fourth-order valence-corrected chi connectivity index (χ4v) is 2.38. The van der Waals surface area contributed by atoms with Crippen LogP contribution in [-0.4, -0.2) is 22.7 Å². The van der Waals surface area contributed by atoms with Crippen molar-refractivity contribution in [1.82, 2.24) is 21.3 Å². The Morgan fingerprint density at radius 3 is 2.67 bits per heavy atom. The number of nitrogens with zero attached hydrogens (tertiary/aromatic N) is 1. The average Bonchev–Trinajstić information content (AvgIpc) is 2.99. The number of aromatic nitrogens is 1. The molecule has 0 saturated heterocycles. The molecular formula is C17H22N4O2S. The molecule has 0 unspecified atom stereocenters. The van der Waals surface area contributed by atoms with Gasteiger partial charge in [0.05, 0.1) is 0 Å². The van der Waals surface area contributed by atoms with E-state index in [0.717, 1.165) is 31.4 Å². The highest BCUT2D eigenvalue weighted by atomic mass is 32.1. The molecule has 2 rings (SSSR count). The van der Waals surface area contributed by atoms with Gasteiger partial charge in [0.2, 0.25) is 0 Å². The molecule has 1 aromatic carbocycles. The van der Waals surface area contributed by atoms with E-state index in [4.69, 9.17) is 16.7 Å². The second kappa shape index (κ2) is 9.02. The van der Waals surface area contributed by atoms with Crippen LogP contribution in [0.5, 0.6) is 0 Å². The molecule has 0 fully saturated rings. The molecular weight excluding hydrogens is 324 g/mol. The number of hydrogen-bond acceptors (Lipinski definition) is 4. The van der Waals surface area contributed by atoms with Crippen LogP contribution in [0.15, 0.2) is 34.9 Å². The van der Waals surface area contributed by atoms with Crippen LogP contribution in [0.4, 0.5) is 0 Å². The minimum absolute atomic E-state index is 0.342. The van der Waals surface area contributed by atoms with E-state index in [9.17, 15) is 4.79 Å². The second-order valence-electron chi connectivity index (χ2n) is 5.37. The highest BCUT2D eigenvalue weighted by Gasteiger charge is 2.21. The zero-order chi connectivity index (χ0) is 17.4. The Hall–Kier alpha value is -2.41. The third-order valence-electron chi connectivity index (χ3n) is 3.49. The summed E-state index contributed by atoms with van der Waals surface area (Å²) in [7, 11) is 0. The van der Waals surface area contributed by atoms with E-state index < -0.39 is 0 Å². The maximum Gasteiger partial charge on any atom is 0.275 e. The first-order valence-corrected chi connectivity index (χ1v) is 8.40. The van der Waals surface area contributed by atoms with Crippen molar-refractivity contribution in [3.05, 3.63) is 41.7 Å². The normalized spacial score (nSPS) is 10.2. The van der Waals surface area contributed by atoms with Gasteiger partial charge in [-0.3, -0.25) is 15.6 Å². The standard InChI is InChI=1S/C17H22N4O2S/c1-3-4-8-11-18-17(24)20-19-16(22)14-12(2)23-21-15(14)13-9-6-5-7-10-13/h5-7,9-10H,3-4,8,11H2,1-2H3,(H,19,22)(H2,18,20,24). The third-order valence-corrected chi connectivity index (χ3v) is 3.74. The maximum atomic E-state index is 12.4. The first-order chi connectivity index (χ1) is 11.6. The number of carbonyl (C=O) groups excluding carboxylic acids is 1. The summed E-state index contributed by atoms with van der Waals surface area (Å²) < 4.78 is 5.18. The van der Waals surface area contributed by atoms with Crippen molar-refractivity contribution in [2.45, 2.75) is 33.1 Å². The molecule has 6 nitrogen and oxygen atoms in total. The van der Waals surface area contributed by atoms with Crippen LogP contribution in [0.25, 0.3) is 11.3 Å². The van der Waals surface area contributed by atoms with Gasteiger partial charge >= 0.3 is 0 Å². The van der Waals surface area contributed by atoms with Gasteiger partial charge in [-0.15, -0.1) is 0 Å². The van der Waals surface area contributed by atoms with Crippen molar-refractivity contribution in [3.63, 3.8) is 0 Å². The molecule has 0 saturated carbocycles. The summed E-state index contributed by atoms with van der Waals surface area (Å²) in [6.45, 7) is 4.62. The number of unbranched alkanes of at least 4 members (excludes halogenated alkanes) is 2. The van der Waals surface area contributed by atoms with Gasteiger partial charge in [0, 0.05) is 12.1 Å². The fraction of sp³-hybridized carbons (Fsp3) is 0.353. The molecule has 1 heterocycles. The summed E-state index contributed by atoms with van der Waals surface area (Å²) in [5.74, 6) is 0.111. The number of rotatable bonds is 6. The van der Waals surface area contributed by atoms with Gasteiger partial charge in [-0.1, -0.05) is 55.3 Å². The number of amides is 1. The molecule has 7 heteroatoms. The largest absolute Gasteiger partial charge is 0.361 e. The number of hydrazine groups is 1. The lowest BCUT2D eigenvalue weighted by Gasteiger charge is -2.11. The number of hydrogen-bond donors (Lipinski definition) is 3. The number of benzene rings is 1. The molecule has 0 atom stereocenters. The van der Waals surface area contributed by atoms with Crippen molar-refractivity contribution in [2.24, 2.45) is 0 Å². The summed E-state index contributed by atoms with van der Waals surface area (Å²) in [6.07, 6.45) is 3.32. The van der Waals surface area contributed by atoms with E-state index in [2.05, 4.69) is 28.2 Å². The first kappa shape index (κ1) is 17.9. The Morgan fingerprint density at radius 1 is 1.21 bits per heavy atom. The highest BCUT2D eigenvalue weighted by molar-refractivity contribution is 7.80. The molecule has 0 aliphatic rings. The van der Waals surface area contributed by atoms with E-state index in [-0.39, 0.29) is 5.91 Å². The number of aryl methyl sites for hydroxylation is 1. The molecule has 0 aliphatic carbocycles. The number of nitrogens with one attached hydrogen (secondary N) is 3. The number of carbonyl (C=O) groups is 1. The van der Waals surface area contributed by atoms with Gasteiger partial charge in [0.1, 0.15) is 17.0 Å². The minimum atomic E-state index is -0.342. The van der Waals surface area contributed by atoms with E-state index >= 15 is 0 Å². The molecule has 1 aromatic heterocycles. The van der Waals surface area contributed by atoms with Gasteiger partial charge in [-0.05, 0) is 25.6 Å². The highest BCUT2D eigenvalue weighted by Crippen LogP contribution is 2.24. The zero-order valence-electron chi connectivity index (χ0n) is 13.9. The maximum absolute atomic E-state index is 12.4. The van der Waals surface area contributed by atoms with Crippen molar-refractivity contribution in [2.75, 3.05) is 6.54 Å². The monoisotopic (exact) mass is 346 g/mol. The van der Waals surface area contributed by atoms with Crippen molar-refractivity contribution < 1.29 is 9.32 Å². The van der Waals surface area contributed by atoms with E-state index in [1.54, 1.807) is 6.92 Å². The van der Waals surface area contributed by atoms with Gasteiger partial charge in [-0.25, -0.2) is 0 Å². The molecule has 128 valence electrons. The SMILES string of the molecule is CCCCCNC(=S)NNC(=O)c1c(-c2ccccc2)noc1C. The number of thiocarbonyl (C=S) groups is 1. The van der Waals surface area contributed by atoms with Crippen LogP contribution in [0.3, 0.4) is 0 Å². The van der Waals surface area contributed by atoms with Gasteiger partial charge in [0.15, 0.2) is 5.11 Å². The minimum Gasteiger partial charge on any atom is -0.361 e. The van der Waals surface area contributed by atoms with Crippen LogP contribution >= 0.6 is 12.2 Å². The molecule has 3 N–H and O–H groups in total. The van der Waals surface area contributed by atoms with Crippen LogP contribution in [0.1, 0.15) is 42.3 Å². The van der Waals surface area contributed by atoms with E-state index in [1.165, 1.54) is 0 Å². The summed E-state index contributed by atoms with van der Waals surface area (Å²) in [4.78, 5) is 12.4. The quantitative estimate of drug-likeness (QED) is 0.424. The van der Waals surface area contributed by atoms with Crippen molar-refractivity contribution in [3.8, 4) is 11.3 Å². The van der Waals surface area contributed by atoms with Gasteiger partial charge in [-0.2, -0.15) is 0 Å². The first-order valence-electron chi connectivity index (χ1n) is 7.99. The molecule has 24 heavy (non-hydrogen) atoms. The van der Waals surface area contributed by atoms with Crippen molar-refractivity contribution >= 4 is 23.2 Å². The Morgan fingerprint density at radius 2 is 1.96 bits per heavy atom. The molecule has 0 radical (unpaired) electrons. The summed E-state index contributed by atoms with van der Waals surface area (Å²) >= 11 is 5.13. The van der Waals surface area contributed by atoms with Crippen LogP contribution in [0, 0.1) is 6.92 Å². The lowest BCUT2D eigenvalue weighted by Crippen LogP contribution is -2.47. The summed E-state index contributed by atoms with van der Waals surface area (Å²) in [6, 6.07) is 9.42. The molecule has 0 spiro atoms. The Kier molecular flexibility index (Phi) is 6.74. The molecule has 0 bridgehead atoms. The third kappa shape index (κ3) is 4.79. The Bertz CT molecular complexity index is 685. The summed E-state index contributed by atoms with van der Waals surface area (Å²) in [5, 5.41) is 7.42. The molecule has 2 aromatic rings. The fourth-order valence-electron chi connectivity index (χ4n) is 2.23. The smallest absolute Gasteiger partial charge is 0.275 e. The van der Waals surface area contributed by atoms with E-state index in [0.29, 0.717) is 22.1 Å². The Labute approximate surface area is 147 Å². The van der Waals surface area contributed by atoms with Gasteiger partial charge in [0.25, 0.3) is 5.91 Å². The Balaban J connectivity index is 1.96. The summed E-state index contributed by atoms with van der Waals surface area (Å²) in [5.41, 5.74) is 7.01. The predicted molar refractivity (Wildman–Crippen MR) is 97.4 cm³/mol. The van der Waals surface area contributed by atoms with Crippen LogP contribution < -0.4 is 16.2 Å². The lowest BCUT2D eigenvalue weighted by atomic mass is 10.1. The molecule has 1 amide bonds. The lowest BCUT2D eigenvalue weighted by molar-refractivity contribution is 0.0942. The van der Waals surface area contributed by atoms with Crippen LogP contribution in [0.2, 0.25) is 0 Å². The second-order valence-corrected chi connectivity index (χ2v) is 5.78. The topological polar surface area (TPSA) is 79.2 Å².